The minimum absolute atomic E-state index is 0.0777. The third-order valence-corrected chi connectivity index (χ3v) is 4.91. The number of carbonyl (C=O) groups excluding carboxylic acids is 1. The molecule has 1 heterocycles. The van der Waals surface area contributed by atoms with Crippen LogP contribution >= 0.6 is 11.6 Å². The molecule has 6 heteroatoms. The number of hydrogen-bond donors (Lipinski definition) is 0. The Morgan fingerprint density at radius 3 is 2.34 bits per heavy atom. The Labute approximate surface area is 175 Å². The Morgan fingerprint density at radius 2 is 1.72 bits per heavy atom. The first kappa shape index (κ1) is 20.8. The van der Waals surface area contributed by atoms with Gasteiger partial charge in [-0.15, -0.1) is 0 Å². The average molecular weight is 410 g/mol. The van der Waals surface area contributed by atoms with Gasteiger partial charge in [-0.3, -0.25) is 9.59 Å². The number of carbonyl (C=O) groups is 1. The zero-order chi connectivity index (χ0) is 21.0. The third-order valence-electron chi connectivity index (χ3n) is 4.66. The van der Waals surface area contributed by atoms with Crippen LogP contribution < -0.4 is 5.43 Å². The standard InChI is InChI=1S/C23H24ClN3O2/c1-4-13-26(15-18-7-5-16(2)6-8-18)23(29)22-21(28)14-17(3)27(25-22)20-11-9-19(24)10-12-20/h5-12,14H,4,13,15H2,1-3H3. The van der Waals surface area contributed by atoms with Crippen LogP contribution in [0.15, 0.2) is 59.4 Å². The average Bonchev–Trinajstić information content (AvgIpc) is 2.70. The largest absolute Gasteiger partial charge is 0.333 e. The van der Waals surface area contributed by atoms with Gasteiger partial charge in [0.2, 0.25) is 5.43 Å². The van der Waals surface area contributed by atoms with Crippen LogP contribution in [0.4, 0.5) is 0 Å². The summed E-state index contributed by atoms with van der Waals surface area (Å²) in [5.74, 6) is -0.361. The minimum Gasteiger partial charge on any atom is -0.333 e. The van der Waals surface area contributed by atoms with Gasteiger partial charge in [0.15, 0.2) is 5.69 Å². The molecule has 0 aliphatic rings. The summed E-state index contributed by atoms with van der Waals surface area (Å²) in [6, 6.07) is 16.6. The Bertz CT molecular complexity index is 1060. The number of halogens is 1. The topological polar surface area (TPSA) is 55.2 Å². The van der Waals surface area contributed by atoms with Crippen molar-refractivity contribution in [2.45, 2.75) is 33.7 Å². The Hall–Kier alpha value is -2.92. The van der Waals surface area contributed by atoms with Crippen LogP contribution in [0.5, 0.6) is 0 Å². The number of aromatic nitrogens is 2. The molecule has 1 aromatic heterocycles. The van der Waals surface area contributed by atoms with Gasteiger partial charge in [-0.25, -0.2) is 4.68 Å². The van der Waals surface area contributed by atoms with Gasteiger partial charge in [-0.05, 0) is 50.1 Å². The van der Waals surface area contributed by atoms with Crippen LogP contribution in [-0.4, -0.2) is 27.1 Å². The molecule has 1 amide bonds. The maximum absolute atomic E-state index is 13.2. The molecule has 0 aliphatic carbocycles. The molecule has 0 spiro atoms. The van der Waals surface area contributed by atoms with Gasteiger partial charge in [-0.2, -0.15) is 5.10 Å². The molecule has 0 N–H and O–H groups in total. The van der Waals surface area contributed by atoms with E-state index in [1.165, 1.54) is 6.07 Å². The van der Waals surface area contributed by atoms with E-state index in [2.05, 4.69) is 5.10 Å². The molecule has 2 aromatic carbocycles. The van der Waals surface area contributed by atoms with Gasteiger partial charge in [0, 0.05) is 29.9 Å². The minimum atomic E-state index is -0.372. The van der Waals surface area contributed by atoms with Crippen molar-refractivity contribution < 1.29 is 4.79 Å². The maximum atomic E-state index is 13.2. The van der Waals surface area contributed by atoms with Gasteiger partial charge < -0.3 is 4.90 Å². The summed E-state index contributed by atoms with van der Waals surface area (Å²) >= 11 is 5.97. The Kier molecular flexibility index (Phi) is 6.49. The molecule has 150 valence electrons. The summed E-state index contributed by atoms with van der Waals surface area (Å²) in [6.45, 7) is 6.79. The van der Waals surface area contributed by atoms with E-state index in [0.29, 0.717) is 23.8 Å². The van der Waals surface area contributed by atoms with Crippen molar-refractivity contribution in [3.05, 3.63) is 92.4 Å². The number of rotatable bonds is 6. The Morgan fingerprint density at radius 1 is 1.07 bits per heavy atom. The van der Waals surface area contributed by atoms with E-state index < -0.39 is 0 Å². The highest BCUT2D eigenvalue weighted by atomic mass is 35.5. The molecule has 0 radical (unpaired) electrons. The molecule has 0 aliphatic heterocycles. The van der Waals surface area contributed by atoms with E-state index in [0.717, 1.165) is 23.2 Å². The molecule has 0 unspecified atom stereocenters. The van der Waals surface area contributed by atoms with Crippen molar-refractivity contribution in [1.82, 2.24) is 14.7 Å². The Balaban J connectivity index is 1.96. The highest BCUT2D eigenvalue weighted by molar-refractivity contribution is 6.30. The summed E-state index contributed by atoms with van der Waals surface area (Å²) in [5, 5.41) is 5.01. The van der Waals surface area contributed by atoms with Crippen molar-refractivity contribution in [2.24, 2.45) is 0 Å². The summed E-state index contributed by atoms with van der Waals surface area (Å²) in [5.41, 5.74) is 3.11. The highest BCUT2D eigenvalue weighted by Gasteiger charge is 2.21. The second-order valence-corrected chi connectivity index (χ2v) is 7.54. The first-order chi connectivity index (χ1) is 13.9. The molecule has 0 saturated heterocycles. The fourth-order valence-electron chi connectivity index (χ4n) is 3.13. The van der Waals surface area contributed by atoms with E-state index >= 15 is 0 Å². The fourth-order valence-corrected chi connectivity index (χ4v) is 3.25. The predicted octanol–water partition coefficient (Wildman–Crippen LogP) is 4.56. The summed E-state index contributed by atoms with van der Waals surface area (Å²) < 4.78 is 1.60. The van der Waals surface area contributed by atoms with Crippen molar-refractivity contribution >= 4 is 17.5 Å². The second kappa shape index (κ2) is 9.05. The van der Waals surface area contributed by atoms with Crippen LogP contribution in [0.25, 0.3) is 5.69 Å². The second-order valence-electron chi connectivity index (χ2n) is 7.10. The molecule has 0 bridgehead atoms. The van der Waals surface area contributed by atoms with Crippen LogP contribution in [0, 0.1) is 13.8 Å². The van der Waals surface area contributed by atoms with Crippen molar-refractivity contribution in [1.29, 1.82) is 0 Å². The lowest BCUT2D eigenvalue weighted by molar-refractivity contribution is 0.0733. The number of benzene rings is 2. The number of amides is 1. The molecule has 0 saturated carbocycles. The lowest BCUT2D eigenvalue weighted by Crippen LogP contribution is -2.36. The number of hydrogen-bond acceptors (Lipinski definition) is 3. The van der Waals surface area contributed by atoms with Gasteiger partial charge in [-0.1, -0.05) is 48.4 Å². The maximum Gasteiger partial charge on any atom is 0.278 e. The van der Waals surface area contributed by atoms with E-state index in [9.17, 15) is 9.59 Å². The molecule has 3 rings (SSSR count). The summed E-state index contributed by atoms with van der Waals surface area (Å²) in [6.07, 6.45) is 0.787. The number of aryl methyl sites for hydroxylation is 2. The van der Waals surface area contributed by atoms with E-state index in [4.69, 9.17) is 11.6 Å². The monoisotopic (exact) mass is 409 g/mol. The summed E-state index contributed by atoms with van der Waals surface area (Å²) in [4.78, 5) is 27.5. The lowest BCUT2D eigenvalue weighted by Gasteiger charge is -2.22. The molecule has 3 aromatic rings. The quantitative estimate of drug-likeness (QED) is 0.599. The molecule has 29 heavy (non-hydrogen) atoms. The fraction of sp³-hybridized carbons (Fsp3) is 0.261. The smallest absolute Gasteiger partial charge is 0.278 e. The van der Waals surface area contributed by atoms with Gasteiger partial charge in [0.1, 0.15) is 0 Å². The lowest BCUT2D eigenvalue weighted by atomic mass is 10.1. The molecular weight excluding hydrogens is 386 g/mol. The van der Waals surface area contributed by atoms with Crippen LogP contribution in [0.1, 0.15) is 40.7 Å². The van der Waals surface area contributed by atoms with Crippen molar-refractivity contribution in [3.63, 3.8) is 0 Å². The van der Waals surface area contributed by atoms with Gasteiger partial charge in [0.25, 0.3) is 5.91 Å². The van der Waals surface area contributed by atoms with Crippen LogP contribution in [0.3, 0.4) is 0 Å². The molecule has 5 nitrogen and oxygen atoms in total. The molecule has 0 fully saturated rings. The normalized spacial score (nSPS) is 10.8. The predicted molar refractivity (Wildman–Crippen MR) is 116 cm³/mol. The van der Waals surface area contributed by atoms with E-state index in [1.807, 2.05) is 38.1 Å². The number of nitrogens with zero attached hydrogens (tertiary/aromatic N) is 3. The van der Waals surface area contributed by atoms with Crippen molar-refractivity contribution in [2.75, 3.05) is 6.54 Å². The van der Waals surface area contributed by atoms with E-state index in [-0.39, 0.29) is 17.0 Å². The molecule has 0 atom stereocenters. The van der Waals surface area contributed by atoms with Crippen molar-refractivity contribution in [3.8, 4) is 5.69 Å². The first-order valence-corrected chi connectivity index (χ1v) is 9.98. The SMILES string of the molecule is CCCN(Cc1ccc(C)cc1)C(=O)c1nn(-c2ccc(Cl)cc2)c(C)cc1=O. The van der Waals surface area contributed by atoms with Crippen LogP contribution in [-0.2, 0) is 6.54 Å². The van der Waals surface area contributed by atoms with Gasteiger partial charge in [0.05, 0.1) is 5.69 Å². The zero-order valence-electron chi connectivity index (χ0n) is 16.9. The molecular formula is C23H24ClN3O2. The zero-order valence-corrected chi connectivity index (χ0v) is 17.6. The van der Waals surface area contributed by atoms with Gasteiger partial charge >= 0.3 is 0 Å². The summed E-state index contributed by atoms with van der Waals surface area (Å²) in [7, 11) is 0. The van der Waals surface area contributed by atoms with E-state index in [1.54, 1.807) is 40.8 Å². The first-order valence-electron chi connectivity index (χ1n) is 9.60. The third kappa shape index (κ3) is 4.93. The highest BCUT2D eigenvalue weighted by Crippen LogP contribution is 2.15. The van der Waals surface area contributed by atoms with Crippen LogP contribution in [0.2, 0.25) is 5.02 Å².